The van der Waals surface area contributed by atoms with Crippen LogP contribution in [0.25, 0.3) is 6.08 Å². The van der Waals surface area contributed by atoms with Crippen LogP contribution in [0.15, 0.2) is 59.5 Å². The molecule has 23 heavy (non-hydrogen) atoms. The monoisotopic (exact) mass is 351 g/mol. The summed E-state index contributed by atoms with van der Waals surface area (Å²) >= 11 is 5.23. The summed E-state index contributed by atoms with van der Waals surface area (Å²) in [5.41, 5.74) is 0.939. The van der Waals surface area contributed by atoms with Crippen molar-refractivity contribution in [1.29, 1.82) is 0 Å². The molecule has 0 aliphatic carbocycles. The molecule has 0 atom stereocenters. The molecule has 0 aliphatic heterocycles. The molecule has 0 aromatic heterocycles. The zero-order valence-electron chi connectivity index (χ0n) is 12.2. The van der Waals surface area contributed by atoms with Crippen molar-refractivity contribution in [1.82, 2.24) is 0 Å². The van der Waals surface area contributed by atoms with Crippen molar-refractivity contribution in [3.63, 3.8) is 0 Å². The zero-order chi connectivity index (χ0) is 16.9. The smallest absolute Gasteiger partial charge is 0.261 e. The second-order valence-corrected chi connectivity index (χ2v) is 6.60. The first kappa shape index (κ1) is 17.1. The number of rotatable bonds is 6. The summed E-state index contributed by atoms with van der Waals surface area (Å²) in [6.45, 7) is 0. The molecule has 0 spiro atoms. The first-order valence-corrected chi connectivity index (χ1v) is 8.41. The van der Waals surface area contributed by atoms with Crippen LogP contribution in [-0.4, -0.2) is 20.8 Å². The Morgan fingerprint density at radius 2 is 1.91 bits per heavy atom. The highest BCUT2D eigenvalue weighted by molar-refractivity contribution is 7.92. The molecule has 120 valence electrons. The van der Waals surface area contributed by atoms with Gasteiger partial charge in [-0.1, -0.05) is 24.3 Å². The Bertz CT molecular complexity index is 847. The molecule has 0 amide bonds. The Kier molecular flexibility index (Phi) is 5.41. The van der Waals surface area contributed by atoms with Crippen molar-refractivity contribution in [2.75, 3.05) is 11.8 Å². The number of hydrogen-bond acceptors (Lipinski definition) is 4. The lowest BCUT2D eigenvalue weighted by molar-refractivity contribution is -0.107. The molecule has 5 nitrogen and oxygen atoms in total. The van der Waals surface area contributed by atoms with Gasteiger partial charge in [-0.25, -0.2) is 8.42 Å². The average Bonchev–Trinajstić information content (AvgIpc) is 2.53. The number of carbonyl (C=O) groups is 1. The van der Waals surface area contributed by atoms with E-state index in [1.807, 2.05) is 0 Å². The Labute approximate surface area is 139 Å². The molecular formula is C16H14ClNO4S. The molecule has 0 fully saturated rings. The number of carbonyl (C=O) groups excluding carboxylic acids is 1. The molecule has 0 radical (unpaired) electrons. The lowest BCUT2D eigenvalue weighted by Gasteiger charge is -2.09. The summed E-state index contributed by atoms with van der Waals surface area (Å²) in [5, 5.41) is -0.632. The molecule has 2 aromatic carbocycles. The molecular weight excluding hydrogens is 338 g/mol. The second kappa shape index (κ2) is 7.30. The van der Waals surface area contributed by atoms with Gasteiger partial charge in [0.15, 0.2) is 0 Å². The van der Waals surface area contributed by atoms with Gasteiger partial charge in [-0.2, -0.15) is 0 Å². The van der Waals surface area contributed by atoms with Crippen molar-refractivity contribution in [3.05, 3.63) is 60.2 Å². The van der Waals surface area contributed by atoms with E-state index < -0.39 is 15.3 Å². The maximum absolute atomic E-state index is 12.4. The third-order valence-corrected chi connectivity index (χ3v) is 4.40. The summed E-state index contributed by atoms with van der Waals surface area (Å²) < 4.78 is 32.4. The number of sulfonamides is 1. The van der Waals surface area contributed by atoms with Gasteiger partial charge in [-0.05, 0) is 47.5 Å². The molecule has 0 saturated carbocycles. The van der Waals surface area contributed by atoms with Gasteiger partial charge >= 0.3 is 0 Å². The number of benzene rings is 2. The van der Waals surface area contributed by atoms with E-state index in [2.05, 4.69) is 4.72 Å². The molecule has 0 saturated heterocycles. The Morgan fingerprint density at radius 1 is 1.17 bits per heavy atom. The predicted molar refractivity (Wildman–Crippen MR) is 90.1 cm³/mol. The van der Waals surface area contributed by atoms with Crippen LogP contribution in [0.3, 0.4) is 0 Å². The van der Waals surface area contributed by atoms with Crippen LogP contribution in [0.5, 0.6) is 5.75 Å². The number of anilines is 1. The van der Waals surface area contributed by atoms with Crippen molar-refractivity contribution in [2.45, 2.75) is 4.90 Å². The SMILES string of the molecule is COc1cccc(NS(=O)(=O)c2cccc(/C=C/C(=O)Cl)c2)c1. The number of allylic oxidation sites excluding steroid dienone is 1. The Balaban J connectivity index is 2.28. The molecule has 7 heteroatoms. The van der Waals surface area contributed by atoms with E-state index in [-0.39, 0.29) is 4.90 Å². The van der Waals surface area contributed by atoms with E-state index >= 15 is 0 Å². The molecule has 0 unspecified atom stereocenters. The fraction of sp³-hybridized carbons (Fsp3) is 0.0625. The third-order valence-electron chi connectivity index (χ3n) is 2.90. The molecule has 2 rings (SSSR count). The average molecular weight is 352 g/mol. The van der Waals surface area contributed by atoms with E-state index in [9.17, 15) is 13.2 Å². The van der Waals surface area contributed by atoms with E-state index in [4.69, 9.17) is 16.3 Å². The summed E-state index contributed by atoms with van der Waals surface area (Å²) in [4.78, 5) is 10.8. The predicted octanol–water partition coefficient (Wildman–Crippen LogP) is 3.27. The highest BCUT2D eigenvalue weighted by atomic mass is 35.5. The fourth-order valence-corrected chi connectivity index (χ4v) is 3.01. The lowest BCUT2D eigenvalue weighted by atomic mass is 10.2. The Morgan fingerprint density at radius 3 is 2.61 bits per heavy atom. The quantitative estimate of drug-likeness (QED) is 0.640. The van der Waals surface area contributed by atoms with Crippen LogP contribution in [-0.2, 0) is 14.8 Å². The highest BCUT2D eigenvalue weighted by Gasteiger charge is 2.14. The molecule has 0 heterocycles. The standard InChI is InChI=1S/C16H14ClNO4S/c1-22-14-6-3-5-13(11-14)18-23(20,21)15-7-2-4-12(10-15)8-9-16(17)19/h2-11,18H,1H3/b9-8+. The van der Waals surface area contributed by atoms with Gasteiger partial charge in [0.1, 0.15) is 5.75 Å². The first-order valence-electron chi connectivity index (χ1n) is 6.55. The van der Waals surface area contributed by atoms with E-state index in [1.54, 1.807) is 36.4 Å². The Hall–Kier alpha value is -2.31. The molecule has 1 N–H and O–H groups in total. The zero-order valence-corrected chi connectivity index (χ0v) is 13.8. The van der Waals surface area contributed by atoms with E-state index in [0.717, 1.165) is 6.08 Å². The van der Waals surface area contributed by atoms with E-state index in [0.29, 0.717) is 17.0 Å². The number of ether oxygens (including phenoxy) is 1. The van der Waals surface area contributed by atoms with Gasteiger partial charge < -0.3 is 4.74 Å². The van der Waals surface area contributed by atoms with Crippen molar-refractivity contribution < 1.29 is 17.9 Å². The van der Waals surface area contributed by atoms with Gasteiger partial charge in [-0.3, -0.25) is 9.52 Å². The van der Waals surface area contributed by atoms with E-state index in [1.165, 1.54) is 25.3 Å². The maximum Gasteiger partial charge on any atom is 0.261 e. The summed E-state index contributed by atoms with van der Waals surface area (Å²) in [5.74, 6) is 0.544. The molecule has 0 aliphatic rings. The normalized spacial score (nSPS) is 11.4. The topological polar surface area (TPSA) is 72.5 Å². The minimum atomic E-state index is -3.76. The van der Waals surface area contributed by atoms with Crippen LogP contribution in [0, 0.1) is 0 Å². The number of hydrogen-bond donors (Lipinski definition) is 1. The number of methoxy groups -OCH3 is 1. The van der Waals surface area contributed by atoms with Crippen LogP contribution < -0.4 is 9.46 Å². The first-order chi connectivity index (χ1) is 10.9. The number of nitrogens with one attached hydrogen (secondary N) is 1. The minimum Gasteiger partial charge on any atom is -0.497 e. The fourth-order valence-electron chi connectivity index (χ4n) is 1.85. The summed E-state index contributed by atoms with van der Waals surface area (Å²) in [6.07, 6.45) is 2.60. The summed E-state index contributed by atoms with van der Waals surface area (Å²) in [7, 11) is -2.26. The molecule has 0 bridgehead atoms. The van der Waals surface area contributed by atoms with Crippen LogP contribution >= 0.6 is 11.6 Å². The van der Waals surface area contributed by atoms with Crippen LogP contribution in [0.2, 0.25) is 0 Å². The van der Waals surface area contributed by atoms with Gasteiger partial charge in [0.25, 0.3) is 10.0 Å². The van der Waals surface area contributed by atoms with Gasteiger partial charge in [-0.15, -0.1) is 0 Å². The molecule has 2 aromatic rings. The van der Waals surface area contributed by atoms with Crippen molar-refractivity contribution in [2.24, 2.45) is 0 Å². The van der Waals surface area contributed by atoms with Crippen molar-refractivity contribution >= 4 is 38.6 Å². The lowest BCUT2D eigenvalue weighted by Crippen LogP contribution is -2.13. The number of halogens is 1. The minimum absolute atomic E-state index is 0.0736. The second-order valence-electron chi connectivity index (χ2n) is 4.55. The maximum atomic E-state index is 12.4. The highest BCUT2D eigenvalue weighted by Crippen LogP contribution is 2.21. The van der Waals surface area contributed by atoms with Gasteiger partial charge in [0.2, 0.25) is 5.24 Å². The van der Waals surface area contributed by atoms with Gasteiger partial charge in [0.05, 0.1) is 17.7 Å². The summed E-state index contributed by atoms with van der Waals surface area (Å²) in [6, 6.07) is 12.7. The van der Waals surface area contributed by atoms with Gasteiger partial charge in [0, 0.05) is 6.07 Å². The third kappa shape index (κ3) is 4.84. The largest absolute Gasteiger partial charge is 0.497 e. The van der Waals surface area contributed by atoms with Crippen LogP contribution in [0.1, 0.15) is 5.56 Å². The van der Waals surface area contributed by atoms with Crippen LogP contribution in [0.4, 0.5) is 5.69 Å². The van der Waals surface area contributed by atoms with Crippen molar-refractivity contribution in [3.8, 4) is 5.75 Å².